The normalized spacial score (nSPS) is 23.2. The Bertz CT molecular complexity index is 419. The number of ketones is 1. The van der Waals surface area contributed by atoms with Crippen LogP contribution in [-0.4, -0.2) is 45.7 Å². The summed E-state index contributed by atoms with van der Waals surface area (Å²) in [5, 5.41) is 10.4. The van der Waals surface area contributed by atoms with E-state index >= 15 is 0 Å². The third-order valence-corrected chi connectivity index (χ3v) is 3.80. The Kier molecular flexibility index (Phi) is 5.66. The minimum atomic E-state index is -0.823. The highest BCUT2D eigenvalue weighted by molar-refractivity contribution is 5.84. The zero-order chi connectivity index (χ0) is 17.3. The fourth-order valence-corrected chi connectivity index (χ4v) is 2.54. The SMILES string of the molecule is CCC[C@@H]1[C@@H]([C@H](O)CC(=O)C(C)(C)C)N1C(=O)OC(C)(C)C. The fraction of sp³-hybridized carbons (Fsp3) is 0.882. The van der Waals surface area contributed by atoms with Gasteiger partial charge < -0.3 is 9.84 Å². The van der Waals surface area contributed by atoms with Crippen LogP contribution in [0.4, 0.5) is 4.79 Å². The van der Waals surface area contributed by atoms with Crippen LogP contribution >= 0.6 is 0 Å². The van der Waals surface area contributed by atoms with Crippen molar-refractivity contribution >= 4 is 11.9 Å². The largest absolute Gasteiger partial charge is 0.444 e. The molecule has 0 aromatic rings. The summed E-state index contributed by atoms with van der Waals surface area (Å²) < 4.78 is 5.38. The molecule has 0 saturated carbocycles. The van der Waals surface area contributed by atoms with Crippen molar-refractivity contribution in [3.05, 3.63) is 0 Å². The van der Waals surface area contributed by atoms with Gasteiger partial charge in [0.25, 0.3) is 0 Å². The molecule has 1 aliphatic heterocycles. The smallest absolute Gasteiger partial charge is 0.411 e. The van der Waals surface area contributed by atoms with E-state index in [2.05, 4.69) is 0 Å². The summed E-state index contributed by atoms with van der Waals surface area (Å²) in [6.07, 6.45) is 0.577. The summed E-state index contributed by atoms with van der Waals surface area (Å²) in [6.45, 7) is 13.0. The molecule has 5 nitrogen and oxygen atoms in total. The van der Waals surface area contributed by atoms with Gasteiger partial charge in [-0.25, -0.2) is 4.79 Å². The van der Waals surface area contributed by atoms with Crippen LogP contribution in [0.2, 0.25) is 0 Å². The van der Waals surface area contributed by atoms with Crippen LogP contribution in [0.3, 0.4) is 0 Å². The lowest BCUT2D eigenvalue weighted by Crippen LogP contribution is -2.32. The molecule has 0 unspecified atom stereocenters. The summed E-state index contributed by atoms with van der Waals surface area (Å²) in [6, 6.07) is -0.330. The predicted molar refractivity (Wildman–Crippen MR) is 85.6 cm³/mol. The van der Waals surface area contributed by atoms with Crippen LogP contribution in [0.5, 0.6) is 0 Å². The van der Waals surface area contributed by atoms with E-state index in [1.54, 1.807) is 4.90 Å². The first-order valence-electron chi connectivity index (χ1n) is 8.11. The molecule has 1 N–H and O–H groups in total. The van der Waals surface area contributed by atoms with Gasteiger partial charge in [0, 0.05) is 11.8 Å². The first-order chi connectivity index (χ1) is 9.88. The Hall–Kier alpha value is -1.10. The van der Waals surface area contributed by atoms with E-state index in [9.17, 15) is 14.7 Å². The molecule has 0 aliphatic carbocycles. The second-order valence-electron chi connectivity index (χ2n) is 8.18. The van der Waals surface area contributed by atoms with Gasteiger partial charge in [0.2, 0.25) is 0 Å². The van der Waals surface area contributed by atoms with E-state index in [4.69, 9.17) is 4.74 Å². The minimum absolute atomic E-state index is 0.00582. The van der Waals surface area contributed by atoms with Gasteiger partial charge in [0.1, 0.15) is 11.4 Å². The third-order valence-electron chi connectivity index (χ3n) is 3.80. The van der Waals surface area contributed by atoms with Crippen molar-refractivity contribution in [2.45, 2.75) is 91.5 Å². The molecule has 0 aromatic carbocycles. The number of ether oxygens (including phenoxy) is 1. The van der Waals surface area contributed by atoms with Crippen LogP contribution in [-0.2, 0) is 9.53 Å². The number of amides is 1. The molecule has 1 fully saturated rings. The van der Waals surface area contributed by atoms with E-state index in [1.807, 2.05) is 48.5 Å². The standard InChI is InChI=1S/C17H31NO4/c1-8-9-11-14(12(19)10-13(20)16(2,3)4)18(11)15(21)22-17(5,6)7/h11-12,14,19H,8-10H2,1-7H3/t11-,12-,14+,18?/m1/s1. The Balaban J connectivity index is 2.71. The lowest BCUT2D eigenvalue weighted by atomic mass is 9.87. The van der Waals surface area contributed by atoms with E-state index < -0.39 is 23.2 Å². The molecule has 22 heavy (non-hydrogen) atoms. The lowest BCUT2D eigenvalue weighted by molar-refractivity contribution is -0.128. The Morgan fingerprint density at radius 2 is 1.73 bits per heavy atom. The number of hydrogen-bond acceptors (Lipinski definition) is 4. The molecule has 0 radical (unpaired) electrons. The first kappa shape index (κ1) is 18.9. The maximum atomic E-state index is 12.2. The van der Waals surface area contributed by atoms with Crippen molar-refractivity contribution in [3.8, 4) is 0 Å². The Morgan fingerprint density at radius 1 is 1.18 bits per heavy atom. The molecule has 5 heteroatoms. The quantitative estimate of drug-likeness (QED) is 0.792. The highest BCUT2D eigenvalue weighted by atomic mass is 16.6. The minimum Gasteiger partial charge on any atom is -0.444 e. The van der Waals surface area contributed by atoms with Gasteiger partial charge in [0.15, 0.2) is 0 Å². The number of carbonyl (C=O) groups is 2. The monoisotopic (exact) mass is 313 g/mol. The van der Waals surface area contributed by atoms with Gasteiger partial charge in [-0.3, -0.25) is 9.69 Å². The number of Topliss-reactive ketones (excluding diaryl/α,β-unsaturated/α-hetero) is 1. The van der Waals surface area contributed by atoms with Crippen LogP contribution in [0.25, 0.3) is 0 Å². The number of carbonyl (C=O) groups excluding carboxylic acids is 2. The molecular weight excluding hydrogens is 282 g/mol. The molecular formula is C17H31NO4. The van der Waals surface area contributed by atoms with Crippen molar-refractivity contribution in [2.75, 3.05) is 0 Å². The van der Waals surface area contributed by atoms with Crippen molar-refractivity contribution in [1.29, 1.82) is 0 Å². The number of aliphatic hydroxyl groups excluding tert-OH is 1. The van der Waals surface area contributed by atoms with Crippen molar-refractivity contribution in [2.24, 2.45) is 5.41 Å². The predicted octanol–water partition coefficient (Wildman–Crippen LogP) is 3.14. The number of nitrogens with zero attached hydrogens (tertiary/aromatic N) is 1. The number of rotatable bonds is 5. The summed E-state index contributed by atoms with van der Waals surface area (Å²) in [5.41, 5.74) is -1.04. The van der Waals surface area contributed by atoms with Crippen LogP contribution < -0.4 is 0 Å². The average Bonchev–Trinajstić information content (AvgIpc) is 3.00. The second kappa shape index (κ2) is 6.57. The first-order valence-corrected chi connectivity index (χ1v) is 8.11. The number of hydrogen-bond donors (Lipinski definition) is 1. The Morgan fingerprint density at radius 3 is 2.14 bits per heavy atom. The van der Waals surface area contributed by atoms with Crippen LogP contribution in [0.1, 0.15) is 67.7 Å². The van der Waals surface area contributed by atoms with Gasteiger partial charge in [-0.1, -0.05) is 34.1 Å². The summed E-state index contributed by atoms with van der Waals surface area (Å²) >= 11 is 0. The summed E-state index contributed by atoms with van der Waals surface area (Å²) in [4.78, 5) is 25.9. The highest BCUT2D eigenvalue weighted by Gasteiger charge is 2.55. The zero-order valence-corrected chi connectivity index (χ0v) is 15.0. The summed E-state index contributed by atoms with van der Waals surface area (Å²) in [7, 11) is 0. The molecule has 1 rings (SSSR count). The maximum absolute atomic E-state index is 12.2. The number of aliphatic hydroxyl groups is 1. The zero-order valence-electron chi connectivity index (χ0n) is 15.0. The van der Waals surface area contributed by atoms with Gasteiger partial charge in [-0.05, 0) is 27.2 Å². The molecule has 1 aliphatic rings. The van der Waals surface area contributed by atoms with Gasteiger partial charge in [-0.2, -0.15) is 0 Å². The van der Waals surface area contributed by atoms with Gasteiger partial charge in [0.05, 0.1) is 18.2 Å². The molecule has 0 bridgehead atoms. The molecule has 1 saturated heterocycles. The molecule has 1 amide bonds. The molecule has 128 valence electrons. The Labute approximate surface area is 134 Å². The van der Waals surface area contributed by atoms with Crippen molar-refractivity contribution < 1.29 is 19.4 Å². The van der Waals surface area contributed by atoms with Crippen LogP contribution in [0, 0.1) is 5.41 Å². The van der Waals surface area contributed by atoms with Crippen LogP contribution in [0.15, 0.2) is 0 Å². The van der Waals surface area contributed by atoms with E-state index in [1.165, 1.54) is 0 Å². The lowest BCUT2D eigenvalue weighted by Gasteiger charge is -2.21. The van der Waals surface area contributed by atoms with E-state index in [-0.39, 0.29) is 24.3 Å². The maximum Gasteiger partial charge on any atom is 0.411 e. The second-order valence-corrected chi connectivity index (χ2v) is 8.18. The third kappa shape index (κ3) is 4.97. The molecule has 1 heterocycles. The fourth-order valence-electron chi connectivity index (χ4n) is 2.54. The molecule has 3 atom stereocenters. The summed E-state index contributed by atoms with van der Waals surface area (Å²) in [5.74, 6) is 0.00582. The van der Waals surface area contributed by atoms with Gasteiger partial charge >= 0.3 is 6.09 Å². The molecule has 0 spiro atoms. The topological polar surface area (TPSA) is 66.6 Å². The average molecular weight is 313 g/mol. The van der Waals surface area contributed by atoms with Gasteiger partial charge in [-0.15, -0.1) is 0 Å². The van der Waals surface area contributed by atoms with Crippen molar-refractivity contribution in [3.63, 3.8) is 0 Å². The van der Waals surface area contributed by atoms with E-state index in [0.29, 0.717) is 0 Å². The molecule has 0 aromatic heterocycles. The highest BCUT2D eigenvalue weighted by Crippen LogP contribution is 2.38. The van der Waals surface area contributed by atoms with Crippen molar-refractivity contribution in [1.82, 2.24) is 4.90 Å². The van der Waals surface area contributed by atoms with E-state index in [0.717, 1.165) is 12.8 Å².